The fourth-order valence-corrected chi connectivity index (χ4v) is 1.89. The van der Waals surface area contributed by atoms with Gasteiger partial charge in [-0.15, -0.1) is 0 Å². The summed E-state index contributed by atoms with van der Waals surface area (Å²) >= 11 is 0. The van der Waals surface area contributed by atoms with Gasteiger partial charge in [0.25, 0.3) is 0 Å². The van der Waals surface area contributed by atoms with Crippen LogP contribution >= 0.6 is 0 Å². The molecule has 0 spiro atoms. The topological polar surface area (TPSA) is 17.8 Å². The molecule has 0 aliphatic heterocycles. The summed E-state index contributed by atoms with van der Waals surface area (Å²) in [7, 11) is 0. The summed E-state index contributed by atoms with van der Waals surface area (Å²) in [6, 6.07) is 12.5. The molecule has 1 heterocycles. The van der Waals surface area contributed by atoms with Crippen LogP contribution in [-0.4, -0.2) is 9.78 Å². The van der Waals surface area contributed by atoms with Crippen LogP contribution in [0.25, 0.3) is 16.8 Å². The average Bonchev–Trinajstić information content (AvgIpc) is 2.89. The van der Waals surface area contributed by atoms with Gasteiger partial charge in [-0.05, 0) is 30.3 Å². The molecule has 4 heteroatoms. The van der Waals surface area contributed by atoms with Crippen LogP contribution in [0, 0.1) is 11.6 Å². The van der Waals surface area contributed by atoms with Gasteiger partial charge in [0.1, 0.15) is 11.6 Å². The first kappa shape index (κ1) is 11.6. The van der Waals surface area contributed by atoms with Gasteiger partial charge in [-0.1, -0.05) is 18.2 Å². The molecule has 19 heavy (non-hydrogen) atoms. The zero-order chi connectivity index (χ0) is 13.2. The monoisotopic (exact) mass is 256 g/mol. The highest BCUT2D eigenvalue weighted by Gasteiger charge is 2.07. The predicted octanol–water partition coefficient (Wildman–Crippen LogP) is 3.82. The summed E-state index contributed by atoms with van der Waals surface area (Å²) in [6.45, 7) is 0. The van der Waals surface area contributed by atoms with Gasteiger partial charge >= 0.3 is 0 Å². The van der Waals surface area contributed by atoms with Crippen LogP contribution in [0.15, 0.2) is 60.9 Å². The molecule has 2 aromatic carbocycles. The Hall–Kier alpha value is -2.49. The lowest BCUT2D eigenvalue weighted by molar-refractivity contribution is 0.627. The third-order valence-electron chi connectivity index (χ3n) is 2.86. The van der Waals surface area contributed by atoms with Gasteiger partial charge in [-0.3, -0.25) is 0 Å². The van der Waals surface area contributed by atoms with Crippen molar-refractivity contribution in [2.75, 3.05) is 0 Å². The van der Waals surface area contributed by atoms with Crippen LogP contribution in [-0.2, 0) is 0 Å². The molecular formula is C15H10F2N2. The SMILES string of the molecule is Fc1ccc(-n2cc(-c3ccccc3F)cn2)cc1. The zero-order valence-corrected chi connectivity index (χ0v) is 9.92. The largest absolute Gasteiger partial charge is 0.240 e. The maximum absolute atomic E-state index is 13.7. The Morgan fingerprint density at radius 2 is 1.63 bits per heavy atom. The normalized spacial score (nSPS) is 10.6. The molecule has 0 aliphatic carbocycles. The fraction of sp³-hybridized carbons (Fsp3) is 0. The number of aromatic nitrogens is 2. The van der Waals surface area contributed by atoms with E-state index in [1.165, 1.54) is 18.2 Å². The van der Waals surface area contributed by atoms with Crippen molar-refractivity contribution in [1.82, 2.24) is 9.78 Å². The molecular weight excluding hydrogens is 246 g/mol. The van der Waals surface area contributed by atoms with E-state index in [1.54, 1.807) is 47.4 Å². The van der Waals surface area contributed by atoms with E-state index in [9.17, 15) is 8.78 Å². The van der Waals surface area contributed by atoms with Gasteiger partial charge in [0.05, 0.1) is 11.9 Å². The minimum atomic E-state index is -0.301. The number of hydrogen-bond acceptors (Lipinski definition) is 1. The lowest BCUT2D eigenvalue weighted by Crippen LogP contribution is -1.93. The molecule has 0 saturated heterocycles. The van der Waals surface area contributed by atoms with E-state index < -0.39 is 0 Å². The van der Waals surface area contributed by atoms with Crippen LogP contribution in [0.3, 0.4) is 0 Å². The molecule has 0 atom stereocenters. The average molecular weight is 256 g/mol. The van der Waals surface area contributed by atoms with Gasteiger partial charge in [-0.25, -0.2) is 13.5 Å². The molecule has 3 rings (SSSR count). The Balaban J connectivity index is 2.00. The minimum absolute atomic E-state index is 0.291. The summed E-state index contributed by atoms with van der Waals surface area (Å²) in [6.07, 6.45) is 3.30. The molecule has 0 fully saturated rings. The molecule has 0 N–H and O–H groups in total. The standard InChI is InChI=1S/C15H10F2N2/c16-12-5-7-13(8-6-12)19-10-11(9-18-19)14-3-1-2-4-15(14)17/h1-10H. The quantitative estimate of drug-likeness (QED) is 0.681. The van der Waals surface area contributed by atoms with Gasteiger partial charge in [-0.2, -0.15) is 5.10 Å². The van der Waals surface area contributed by atoms with Crippen LogP contribution in [0.1, 0.15) is 0 Å². The Morgan fingerprint density at radius 1 is 0.895 bits per heavy atom. The highest BCUT2D eigenvalue weighted by molar-refractivity contribution is 5.62. The van der Waals surface area contributed by atoms with Crippen LogP contribution in [0.5, 0.6) is 0 Å². The van der Waals surface area contributed by atoms with E-state index in [4.69, 9.17) is 0 Å². The van der Waals surface area contributed by atoms with E-state index in [0.29, 0.717) is 11.1 Å². The first-order chi connectivity index (χ1) is 9.24. The Bertz CT molecular complexity index is 702. The fourth-order valence-electron chi connectivity index (χ4n) is 1.89. The smallest absolute Gasteiger partial charge is 0.131 e. The van der Waals surface area contributed by atoms with Crippen molar-refractivity contribution in [2.45, 2.75) is 0 Å². The van der Waals surface area contributed by atoms with Crippen LogP contribution in [0.2, 0.25) is 0 Å². The molecule has 2 nitrogen and oxygen atoms in total. The third kappa shape index (κ3) is 2.25. The Morgan fingerprint density at radius 3 is 2.37 bits per heavy atom. The van der Waals surface area contributed by atoms with Crippen molar-refractivity contribution in [1.29, 1.82) is 0 Å². The number of benzene rings is 2. The second kappa shape index (κ2) is 4.65. The Kier molecular flexibility index (Phi) is 2.83. The van der Waals surface area contributed by atoms with E-state index in [1.807, 2.05) is 0 Å². The molecule has 0 saturated carbocycles. The van der Waals surface area contributed by atoms with Crippen molar-refractivity contribution in [2.24, 2.45) is 0 Å². The number of nitrogens with zero attached hydrogens (tertiary/aromatic N) is 2. The van der Waals surface area contributed by atoms with Gasteiger partial charge < -0.3 is 0 Å². The minimum Gasteiger partial charge on any atom is -0.240 e. The van der Waals surface area contributed by atoms with Crippen molar-refractivity contribution in [3.05, 3.63) is 72.6 Å². The highest BCUT2D eigenvalue weighted by atomic mass is 19.1. The molecule has 0 amide bonds. The molecule has 0 bridgehead atoms. The maximum Gasteiger partial charge on any atom is 0.131 e. The van der Waals surface area contributed by atoms with E-state index in [0.717, 1.165) is 5.69 Å². The second-order valence-electron chi connectivity index (χ2n) is 4.13. The maximum atomic E-state index is 13.7. The lowest BCUT2D eigenvalue weighted by Gasteiger charge is -2.00. The van der Waals surface area contributed by atoms with Crippen molar-refractivity contribution >= 4 is 0 Å². The van der Waals surface area contributed by atoms with Crippen LogP contribution in [0.4, 0.5) is 8.78 Å². The molecule has 94 valence electrons. The summed E-state index contributed by atoms with van der Waals surface area (Å²) in [5, 5.41) is 4.16. The van der Waals surface area contributed by atoms with Crippen LogP contribution < -0.4 is 0 Å². The van der Waals surface area contributed by atoms with Gasteiger partial charge in [0, 0.05) is 17.3 Å². The van der Waals surface area contributed by atoms with Gasteiger partial charge in [0.2, 0.25) is 0 Å². The second-order valence-corrected chi connectivity index (χ2v) is 4.13. The lowest BCUT2D eigenvalue weighted by atomic mass is 10.1. The summed E-state index contributed by atoms with van der Waals surface area (Å²) in [4.78, 5) is 0. The molecule has 3 aromatic rings. The van der Waals surface area contributed by atoms with Gasteiger partial charge in [0.15, 0.2) is 0 Å². The molecule has 0 radical (unpaired) electrons. The third-order valence-corrected chi connectivity index (χ3v) is 2.86. The molecule has 0 aliphatic rings. The zero-order valence-electron chi connectivity index (χ0n) is 9.92. The summed E-state index contributed by atoms with van der Waals surface area (Å²) in [5.74, 6) is -0.591. The van der Waals surface area contributed by atoms with Crippen molar-refractivity contribution in [3.8, 4) is 16.8 Å². The predicted molar refractivity (Wildman–Crippen MR) is 68.9 cm³/mol. The molecule has 1 aromatic heterocycles. The van der Waals surface area contributed by atoms with E-state index in [-0.39, 0.29) is 11.6 Å². The van der Waals surface area contributed by atoms with E-state index in [2.05, 4.69) is 5.10 Å². The summed E-state index contributed by atoms with van der Waals surface area (Å²) < 4.78 is 28.1. The number of rotatable bonds is 2. The number of hydrogen-bond donors (Lipinski definition) is 0. The first-order valence-electron chi connectivity index (χ1n) is 5.79. The van der Waals surface area contributed by atoms with Crippen molar-refractivity contribution < 1.29 is 8.78 Å². The highest BCUT2D eigenvalue weighted by Crippen LogP contribution is 2.22. The summed E-state index contributed by atoms with van der Waals surface area (Å²) in [5.41, 5.74) is 1.90. The molecule has 0 unspecified atom stereocenters. The number of halogens is 2. The van der Waals surface area contributed by atoms with E-state index >= 15 is 0 Å². The first-order valence-corrected chi connectivity index (χ1v) is 5.79. The van der Waals surface area contributed by atoms with Crippen molar-refractivity contribution in [3.63, 3.8) is 0 Å². The Labute approximate surface area is 108 Å².